The first-order valence-corrected chi connectivity index (χ1v) is 8.34. The summed E-state index contributed by atoms with van der Waals surface area (Å²) in [4.78, 5) is 17.8. The van der Waals surface area contributed by atoms with Gasteiger partial charge in [0, 0.05) is 30.6 Å². The van der Waals surface area contributed by atoms with E-state index in [1.807, 2.05) is 19.2 Å². The molecular formula is C17H19N5O3. The van der Waals surface area contributed by atoms with Crippen molar-refractivity contribution in [2.45, 2.75) is 38.8 Å². The van der Waals surface area contributed by atoms with Crippen LogP contribution in [0.3, 0.4) is 0 Å². The highest BCUT2D eigenvalue weighted by molar-refractivity contribution is 5.93. The molecule has 130 valence electrons. The summed E-state index contributed by atoms with van der Waals surface area (Å²) in [7, 11) is 0. The Morgan fingerprint density at radius 3 is 3.04 bits per heavy atom. The standard InChI is InChI=1S/C17H19N5O3/c1-11-6-14(20-25-11)15-4-2-3-5-21(15)9-12-7-18-16-13(17(23)24)8-19-22(16)10-12/h6-8,10,15H,2-5,9H2,1H3,(H,23,24)/t15-/m1/s1. The Morgan fingerprint density at radius 2 is 2.28 bits per heavy atom. The van der Waals surface area contributed by atoms with E-state index in [-0.39, 0.29) is 11.6 Å². The summed E-state index contributed by atoms with van der Waals surface area (Å²) in [5, 5.41) is 17.4. The first-order valence-electron chi connectivity index (χ1n) is 8.34. The van der Waals surface area contributed by atoms with Gasteiger partial charge in [0.15, 0.2) is 5.65 Å². The molecule has 3 aromatic rings. The molecule has 1 aliphatic heterocycles. The van der Waals surface area contributed by atoms with Crippen LogP contribution in [-0.2, 0) is 6.54 Å². The number of aromatic carboxylic acids is 1. The SMILES string of the molecule is Cc1cc([C@H]2CCCCN2Cc2cnc3c(C(=O)O)cnn3c2)no1. The van der Waals surface area contributed by atoms with E-state index < -0.39 is 5.97 Å². The number of hydrogen-bond acceptors (Lipinski definition) is 6. The number of nitrogens with zero attached hydrogens (tertiary/aromatic N) is 5. The third kappa shape index (κ3) is 3.00. The van der Waals surface area contributed by atoms with Crippen molar-refractivity contribution in [1.82, 2.24) is 24.7 Å². The number of carboxylic acid groups (broad SMARTS) is 1. The van der Waals surface area contributed by atoms with Gasteiger partial charge in [0.1, 0.15) is 17.0 Å². The van der Waals surface area contributed by atoms with E-state index in [0.29, 0.717) is 12.2 Å². The minimum Gasteiger partial charge on any atom is -0.477 e. The number of hydrogen-bond donors (Lipinski definition) is 1. The van der Waals surface area contributed by atoms with Crippen molar-refractivity contribution in [2.75, 3.05) is 6.54 Å². The molecule has 1 fully saturated rings. The molecule has 0 spiro atoms. The van der Waals surface area contributed by atoms with Crippen LogP contribution in [0.5, 0.6) is 0 Å². The van der Waals surface area contributed by atoms with Crippen LogP contribution in [0.15, 0.2) is 29.2 Å². The quantitative estimate of drug-likeness (QED) is 0.778. The Balaban J connectivity index is 1.59. The lowest BCUT2D eigenvalue weighted by atomic mass is 9.98. The van der Waals surface area contributed by atoms with Crippen molar-refractivity contribution in [3.8, 4) is 0 Å². The molecule has 0 bridgehead atoms. The lowest BCUT2D eigenvalue weighted by Crippen LogP contribution is -2.33. The van der Waals surface area contributed by atoms with E-state index in [4.69, 9.17) is 9.63 Å². The van der Waals surface area contributed by atoms with Gasteiger partial charge in [-0.05, 0) is 26.3 Å². The smallest absolute Gasteiger partial charge is 0.341 e. The van der Waals surface area contributed by atoms with Crippen molar-refractivity contribution in [3.05, 3.63) is 47.2 Å². The molecule has 0 aliphatic carbocycles. The van der Waals surface area contributed by atoms with E-state index in [1.165, 1.54) is 17.1 Å². The Bertz CT molecular complexity index is 916. The molecule has 0 radical (unpaired) electrons. The van der Waals surface area contributed by atoms with Crippen molar-refractivity contribution in [1.29, 1.82) is 0 Å². The summed E-state index contributed by atoms with van der Waals surface area (Å²) in [5.41, 5.74) is 2.43. The van der Waals surface area contributed by atoms with Gasteiger partial charge < -0.3 is 9.63 Å². The van der Waals surface area contributed by atoms with Crippen LogP contribution in [0.2, 0.25) is 0 Å². The summed E-state index contributed by atoms with van der Waals surface area (Å²) in [5.74, 6) is -0.200. The molecule has 3 aromatic heterocycles. The number of carboxylic acids is 1. The van der Waals surface area contributed by atoms with Crippen LogP contribution in [0.4, 0.5) is 0 Å². The first-order chi connectivity index (χ1) is 12.1. The van der Waals surface area contributed by atoms with E-state index in [2.05, 4.69) is 20.1 Å². The van der Waals surface area contributed by atoms with Gasteiger partial charge >= 0.3 is 5.97 Å². The molecule has 1 N–H and O–H groups in total. The highest BCUT2D eigenvalue weighted by Crippen LogP contribution is 2.31. The monoisotopic (exact) mass is 341 g/mol. The third-order valence-electron chi connectivity index (χ3n) is 4.63. The number of aromatic nitrogens is 4. The van der Waals surface area contributed by atoms with Gasteiger partial charge in [-0.3, -0.25) is 4.90 Å². The fourth-order valence-electron chi connectivity index (χ4n) is 3.44. The lowest BCUT2D eigenvalue weighted by Gasteiger charge is -2.34. The second-order valence-corrected chi connectivity index (χ2v) is 6.44. The number of likely N-dealkylation sites (tertiary alicyclic amines) is 1. The van der Waals surface area contributed by atoms with Gasteiger partial charge in [-0.15, -0.1) is 0 Å². The Morgan fingerprint density at radius 1 is 1.40 bits per heavy atom. The molecule has 4 heterocycles. The van der Waals surface area contributed by atoms with Crippen LogP contribution in [0, 0.1) is 6.92 Å². The number of piperidine rings is 1. The van der Waals surface area contributed by atoms with Crippen LogP contribution >= 0.6 is 0 Å². The zero-order valence-corrected chi connectivity index (χ0v) is 13.9. The highest BCUT2D eigenvalue weighted by atomic mass is 16.5. The summed E-state index contributed by atoms with van der Waals surface area (Å²) < 4.78 is 6.77. The van der Waals surface area contributed by atoms with Crippen LogP contribution < -0.4 is 0 Å². The van der Waals surface area contributed by atoms with Crippen molar-refractivity contribution < 1.29 is 14.4 Å². The number of fused-ring (bicyclic) bond motifs is 1. The molecule has 0 saturated carbocycles. The number of aryl methyl sites for hydroxylation is 1. The second-order valence-electron chi connectivity index (χ2n) is 6.44. The molecule has 8 heteroatoms. The normalized spacial score (nSPS) is 18.7. The summed E-state index contributed by atoms with van der Waals surface area (Å²) >= 11 is 0. The molecule has 0 unspecified atom stereocenters. The lowest BCUT2D eigenvalue weighted by molar-refractivity contribution is 0.0698. The Kier molecular flexibility index (Phi) is 3.96. The van der Waals surface area contributed by atoms with E-state index in [0.717, 1.165) is 36.4 Å². The van der Waals surface area contributed by atoms with Crippen molar-refractivity contribution in [3.63, 3.8) is 0 Å². The molecule has 0 amide bonds. The topological polar surface area (TPSA) is 96.8 Å². The second kappa shape index (κ2) is 6.29. The molecule has 4 rings (SSSR count). The Hall–Kier alpha value is -2.74. The van der Waals surface area contributed by atoms with Crippen LogP contribution in [0.25, 0.3) is 5.65 Å². The Labute approximate surface area is 144 Å². The zero-order valence-electron chi connectivity index (χ0n) is 13.9. The van der Waals surface area contributed by atoms with E-state index in [9.17, 15) is 4.79 Å². The van der Waals surface area contributed by atoms with Gasteiger partial charge in [-0.2, -0.15) is 5.10 Å². The van der Waals surface area contributed by atoms with Crippen LogP contribution in [-0.4, -0.2) is 42.3 Å². The average molecular weight is 341 g/mol. The average Bonchev–Trinajstić information content (AvgIpc) is 3.21. The van der Waals surface area contributed by atoms with Gasteiger partial charge in [-0.1, -0.05) is 11.6 Å². The molecule has 1 aliphatic rings. The van der Waals surface area contributed by atoms with Gasteiger partial charge in [0.25, 0.3) is 0 Å². The predicted molar refractivity (Wildman–Crippen MR) is 88.2 cm³/mol. The fraction of sp³-hybridized carbons (Fsp3) is 0.412. The summed E-state index contributed by atoms with van der Waals surface area (Å²) in [6.45, 7) is 3.59. The van der Waals surface area contributed by atoms with Crippen LogP contribution in [0.1, 0.15) is 52.7 Å². The van der Waals surface area contributed by atoms with E-state index in [1.54, 1.807) is 6.20 Å². The minimum atomic E-state index is -1.02. The largest absolute Gasteiger partial charge is 0.477 e. The maximum absolute atomic E-state index is 11.2. The first kappa shape index (κ1) is 15.8. The molecule has 0 aromatic carbocycles. The molecule has 25 heavy (non-hydrogen) atoms. The van der Waals surface area contributed by atoms with Gasteiger partial charge in [0.05, 0.1) is 12.2 Å². The number of carbonyl (C=O) groups is 1. The maximum Gasteiger partial charge on any atom is 0.341 e. The predicted octanol–water partition coefficient (Wildman–Crippen LogP) is 2.45. The van der Waals surface area contributed by atoms with Gasteiger partial charge in [-0.25, -0.2) is 14.3 Å². The van der Waals surface area contributed by atoms with Crippen molar-refractivity contribution in [2.24, 2.45) is 0 Å². The summed E-state index contributed by atoms with van der Waals surface area (Å²) in [6, 6.07) is 2.23. The summed E-state index contributed by atoms with van der Waals surface area (Å²) in [6.07, 6.45) is 8.26. The molecular weight excluding hydrogens is 322 g/mol. The molecule has 1 saturated heterocycles. The highest BCUT2D eigenvalue weighted by Gasteiger charge is 2.26. The van der Waals surface area contributed by atoms with Crippen molar-refractivity contribution >= 4 is 11.6 Å². The zero-order chi connectivity index (χ0) is 17.4. The maximum atomic E-state index is 11.2. The molecule has 8 nitrogen and oxygen atoms in total. The minimum absolute atomic E-state index is 0.112. The number of rotatable bonds is 4. The third-order valence-corrected chi connectivity index (χ3v) is 4.63. The fourth-order valence-corrected chi connectivity index (χ4v) is 3.44. The molecule has 1 atom stereocenters. The van der Waals surface area contributed by atoms with E-state index >= 15 is 0 Å². The van der Waals surface area contributed by atoms with Gasteiger partial charge in [0.2, 0.25) is 0 Å².